The van der Waals surface area contributed by atoms with Crippen LogP contribution in [0.15, 0.2) is 24.5 Å². The fraction of sp³-hybridized carbons (Fsp3) is 0.583. The zero-order valence-corrected chi connectivity index (χ0v) is 9.21. The molecular formula is C12H17NO3. The summed E-state index contributed by atoms with van der Waals surface area (Å²) in [5.41, 5.74) is 0.888. The number of ether oxygens (including phenoxy) is 2. The summed E-state index contributed by atoms with van der Waals surface area (Å²) < 4.78 is 11.2. The largest absolute Gasteiger partial charge is 0.393 e. The third-order valence-electron chi connectivity index (χ3n) is 2.68. The highest BCUT2D eigenvalue weighted by molar-refractivity contribution is 5.12. The van der Waals surface area contributed by atoms with E-state index < -0.39 is 0 Å². The highest BCUT2D eigenvalue weighted by Crippen LogP contribution is 2.22. The predicted molar refractivity (Wildman–Crippen MR) is 58.7 cm³/mol. The molecule has 0 spiro atoms. The van der Waals surface area contributed by atoms with Crippen LogP contribution >= 0.6 is 0 Å². The topological polar surface area (TPSA) is 51.6 Å². The maximum absolute atomic E-state index is 9.30. The molecule has 0 aromatic carbocycles. The van der Waals surface area contributed by atoms with Crippen molar-refractivity contribution in [1.82, 2.24) is 4.98 Å². The van der Waals surface area contributed by atoms with E-state index in [9.17, 15) is 5.11 Å². The number of hydrogen-bond acceptors (Lipinski definition) is 4. The summed E-state index contributed by atoms with van der Waals surface area (Å²) in [5, 5.41) is 9.30. The molecule has 16 heavy (non-hydrogen) atoms. The number of aromatic nitrogens is 1. The van der Waals surface area contributed by atoms with Gasteiger partial charge in [0.15, 0.2) is 6.29 Å². The van der Waals surface area contributed by atoms with Crippen LogP contribution < -0.4 is 0 Å². The van der Waals surface area contributed by atoms with Crippen LogP contribution in [0.3, 0.4) is 0 Å². The molecule has 88 valence electrons. The minimum absolute atomic E-state index is 0.0500. The molecule has 1 saturated heterocycles. The summed E-state index contributed by atoms with van der Waals surface area (Å²) in [5.74, 6) is 0. The second-order valence-corrected chi connectivity index (χ2v) is 3.89. The van der Waals surface area contributed by atoms with Crippen LogP contribution in [0.1, 0.15) is 30.9 Å². The fourth-order valence-electron chi connectivity index (χ4n) is 1.80. The van der Waals surface area contributed by atoms with Crippen molar-refractivity contribution in [3.05, 3.63) is 30.1 Å². The molecule has 0 aliphatic carbocycles. The van der Waals surface area contributed by atoms with Crippen LogP contribution in [-0.4, -0.2) is 29.6 Å². The van der Waals surface area contributed by atoms with E-state index in [-0.39, 0.29) is 19.0 Å². The molecule has 1 fully saturated rings. The standard InChI is InChI=1S/C12H17NO3/c14-9-11(10-4-3-6-13-8-10)16-12-5-1-2-7-15-12/h3-4,6,8,11-12,14H,1-2,5,7,9H2. The van der Waals surface area contributed by atoms with E-state index in [1.165, 1.54) is 0 Å². The summed E-state index contributed by atoms with van der Waals surface area (Å²) in [6.07, 6.45) is 6.00. The number of nitrogens with zero attached hydrogens (tertiary/aromatic N) is 1. The third kappa shape index (κ3) is 3.01. The molecule has 1 aromatic heterocycles. The van der Waals surface area contributed by atoms with Crippen molar-refractivity contribution >= 4 is 0 Å². The van der Waals surface area contributed by atoms with Gasteiger partial charge in [-0.25, -0.2) is 0 Å². The Labute approximate surface area is 95.2 Å². The van der Waals surface area contributed by atoms with Crippen LogP contribution in [0.25, 0.3) is 0 Å². The van der Waals surface area contributed by atoms with Gasteiger partial charge < -0.3 is 14.6 Å². The molecule has 0 radical (unpaired) electrons. The van der Waals surface area contributed by atoms with Gasteiger partial charge in [-0.2, -0.15) is 0 Å². The van der Waals surface area contributed by atoms with Gasteiger partial charge in [0.1, 0.15) is 6.10 Å². The summed E-state index contributed by atoms with van der Waals surface area (Å²) in [6, 6.07) is 3.74. The molecule has 0 bridgehead atoms. The van der Waals surface area contributed by atoms with Gasteiger partial charge in [-0.05, 0) is 25.3 Å². The molecule has 2 rings (SSSR count). The molecule has 0 amide bonds. The second-order valence-electron chi connectivity index (χ2n) is 3.89. The van der Waals surface area contributed by atoms with Crippen LogP contribution in [0.5, 0.6) is 0 Å². The van der Waals surface area contributed by atoms with E-state index in [2.05, 4.69) is 4.98 Å². The molecule has 2 atom stereocenters. The van der Waals surface area contributed by atoms with Gasteiger partial charge in [-0.3, -0.25) is 4.98 Å². The molecule has 1 N–H and O–H groups in total. The zero-order valence-electron chi connectivity index (χ0n) is 9.21. The first-order valence-corrected chi connectivity index (χ1v) is 5.68. The molecule has 4 nitrogen and oxygen atoms in total. The van der Waals surface area contributed by atoms with Gasteiger partial charge in [0, 0.05) is 24.6 Å². The Hall–Kier alpha value is -0.970. The number of hydrogen-bond donors (Lipinski definition) is 1. The Morgan fingerprint density at radius 1 is 1.56 bits per heavy atom. The smallest absolute Gasteiger partial charge is 0.158 e. The van der Waals surface area contributed by atoms with Crippen LogP contribution in [0.2, 0.25) is 0 Å². The van der Waals surface area contributed by atoms with Crippen molar-refractivity contribution in [2.24, 2.45) is 0 Å². The predicted octanol–water partition coefficient (Wildman–Crippen LogP) is 1.66. The number of aliphatic hydroxyl groups excluding tert-OH is 1. The Bertz CT molecular complexity index is 298. The van der Waals surface area contributed by atoms with E-state index in [0.29, 0.717) is 0 Å². The molecule has 1 aromatic rings. The summed E-state index contributed by atoms with van der Waals surface area (Å²) in [4.78, 5) is 4.01. The molecular weight excluding hydrogens is 206 g/mol. The van der Waals surface area contributed by atoms with Crippen LogP contribution in [0.4, 0.5) is 0 Å². The van der Waals surface area contributed by atoms with Gasteiger partial charge in [0.2, 0.25) is 0 Å². The minimum atomic E-state index is -0.336. The molecule has 2 unspecified atom stereocenters. The number of aliphatic hydroxyl groups is 1. The van der Waals surface area contributed by atoms with E-state index in [0.717, 1.165) is 31.4 Å². The highest BCUT2D eigenvalue weighted by atomic mass is 16.7. The lowest BCUT2D eigenvalue weighted by molar-refractivity contribution is -0.196. The van der Waals surface area contributed by atoms with Crippen molar-refractivity contribution in [1.29, 1.82) is 0 Å². The van der Waals surface area contributed by atoms with E-state index >= 15 is 0 Å². The summed E-state index contributed by atoms with van der Waals surface area (Å²) >= 11 is 0. The van der Waals surface area contributed by atoms with Crippen molar-refractivity contribution in [3.63, 3.8) is 0 Å². The first-order valence-electron chi connectivity index (χ1n) is 5.68. The van der Waals surface area contributed by atoms with Crippen molar-refractivity contribution in [2.75, 3.05) is 13.2 Å². The molecule has 1 aliphatic heterocycles. The summed E-state index contributed by atoms with van der Waals surface area (Å²) in [6.45, 7) is 0.696. The molecule has 1 aliphatic rings. The van der Waals surface area contributed by atoms with Gasteiger partial charge in [0.25, 0.3) is 0 Å². The van der Waals surface area contributed by atoms with Gasteiger partial charge in [0.05, 0.1) is 6.61 Å². The molecule has 2 heterocycles. The van der Waals surface area contributed by atoms with E-state index in [1.807, 2.05) is 12.1 Å². The van der Waals surface area contributed by atoms with Crippen molar-refractivity contribution in [2.45, 2.75) is 31.7 Å². The lowest BCUT2D eigenvalue weighted by atomic mass is 10.1. The molecule has 4 heteroatoms. The number of pyridine rings is 1. The molecule has 0 saturated carbocycles. The van der Waals surface area contributed by atoms with Crippen LogP contribution in [-0.2, 0) is 9.47 Å². The maximum atomic E-state index is 9.30. The van der Waals surface area contributed by atoms with Crippen molar-refractivity contribution < 1.29 is 14.6 Å². The quantitative estimate of drug-likeness (QED) is 0.843. The van der Waals surface area contributed by atoms with Crippen LogP contribution in [0, 0.1) is 0 Å². The van der Waals surface area contributed by atoms with Gasteiger partial charge in [-0.15, -0.1) is 0 Å². The summed E-state index contributed by atoms with van der Waals surface area (Å²) in [7, 11) is 0. The first kappa shape index (κ1) is 11.5. The average molecular weight is 223 g/mol. The second kappa shape index (κ2) is 5.94. The zero-order chi connectivity index (χ0) is 11.2. The van der Waals surface area contributed by atoms with Gasteiger partial charge >= 0.3 is 0 Å². The Kier molecular flexibility index (Phi) is 4.27. The lowest BCUT2D eigenvalue weighted by Crippen LogP contribution is -2.25. The fourth-order valence-corrected chi connectivity index (χ4v) is 1.80. The normalized spacial score (nSPS) is 22.9. The Balaban J connectivity index is 1.94. The third-order valence-corrected chi connectivity index (χ3v) is 2.68. The highest BCUT2D eigenvalue weighted by Gasteiger charge is 2.20. The lowest BCUT2D eigenvalue weighted by Gasteiger charge is -2.26. The van der Waals surface area contributed by atoms with E-state index in [1.54, 1.807) is 12.4 Å². The van der Waals surface area contributed by atoms with E-state index in [4.69, 9.17) is 9.47 Å². The number of rotatable bonds is 4. The Morgan fingerprint density at radius 2 is 2.50 bits per heavy atom. The monoisotopic (exact) mass is 223 g/mol. The van der Waals surface area contributed by atoms with Gasteiger partial charge in [-0.1, -0.05) is 6.07 Å². The Morgan fingerprint density at radius 3 is 3.12 bits per heavy atom. The first-order chi connectivity index (χ1) is 7.90. The van der Waals surface area contributed by atoms with Crippen molar-refractivity contribution in [3.8, 4) is 0 Å². The average Bonchev–Trinajstić information content (AvgIpc) is 2.38. The SMILES string of the molecule is OCC(OC1CCCCO1)c1cccnc1. The maximum Gasteiger partial charge on any atom is 0.158 e. The minimum Gasteiger partial charge on any atom is -0.393 e.